The highest BCUT2D eigenvalue weighted by Crippen LogP contribution is 2.25. The molecular formula is C22H30N2O2. The van der Waals surface area contributed by atoms with Crippen molar-refractivity contribution in [2.45, 2.75) is 39.7 Å². The van der Waals surface area contributed by atoms with E-state index in [1.807, 2.05) is 13.0 Å². The van der Waals surface area contributed by atoms with Gasteiger partial charge in [0.25, 0.3) is 0 Å². The lowest BCUT2D eigenvalue weighted by atomic mass is 10.0. The van der Waals surface area contributed by atoms with Crippen molar-refractivity contribution in [2.24, 2.45) is 11.8 Å². The summed E-state index contributed by atoms with van der Waals surface area (Å²) in [5.41, 5.74) is 3.52. The molecule has 140 valence electrons. The number of hydrogen-bond donors (Lipinski definition) is 1. The van der Waals surface area contributed by atoms with Crippen molar-refractivity contribution in [3.05, 3.63) is 59.5 Å². The van der Waals surface area contributed by atoms with Crippen LogP contribution in [0.2, 0.25) is 0 Å². The number of aliphatic hydroxyl groups is 1. The van der Waals surface area contributed by atoms with Crippen molar-refractivity contribution >= 4 is 5.57 Å². The van der Waals surface area contributed by atoms with Crippen molar-refractivity contribution in [1.82, 2.24) is 10.1 Å². The molecule has 1 aromatic heterocycles. The topological polar surface area (TPSA) is 49.5 Å². The van der Waals surface area contributed by atoms with E-state index >= 15 is 0 Å². The number of benzene rings is 1. The van der Waals surface area contributed by atoms with Crippen LogP contribution in [-0.2, 0) is 6.42 Å². The minimum absolute atomic E-state index is 0.199. The molecule has 2 heterocycles. The number of aryl methyl sites for hydroxylation is 1. The van der Waals surface area contributed by atoms with E-state index in [0.717, 1.165) is 37.4 Å². The second kappa shape index (κ2) is 8.65. The van der Waals surface area contributed by atoms with Gasteiger partial charge in [-0.05, 0) is 30.4 Å². The molecule has 1 saturated heterocycles. The molecule has 2 atom stereocenters. The zero-order chi connectivity index (χ0) is 18.5. The minimum atomic E-state index is -0.317. The Labute approximate surface area is 156 Å². The molecule has 2 aromatic rings. The molecule has 0 aliphatic carbocycles. The van der Waals surface area contributed by atoms with Gasteiger partial charge in [-0.1, -0.05) is 55.4 Å². The average molecular weight is 354 g/mol. The van der Waals surface area contributed by atoms with Gasteiger partial charge < -0.3 is 9.63 Å². The predicted molar refractivity (Wildman–Crippen MR) is 105 cm³/mol. The van der Waals surface area contributed by atoms with E-state index in [9.17, 15) is 5.11 Å². The summed E-state index contributed by atoms with van der Waals surface area (Å²) in [7, 11) is 0. The van der Waals surface area contributed by atoms with Crippen molar-refractivity contribution in [3.8, 4) is 0 Å². The third kappa shape index (κ3) is 5.05. The van der Waals surface area contributed by atoms with Gasteiger partial charge in [-0.3, -0.25) is 4.90 Å². The average Bonchev–Trinajstić information content (AvgIpc) is 3.18. The van der Waals surface area contributed by atoms with Crippen LogP contribution in [0.5, 0.6) is 0 Å². The van der Waals surface area contributed by atoms with E-state index < -0.39 is 0 Å². The fraction of sp³-hybridized carbons (Fsp3) is 0.500. The Hall–Kier alpha value is -1.91. The van der Waals surface area contributed by atoms with Crippen LogP contribution < -0.4 is 0 Å². The summed E-state index contributed by atoms with van der Waals surface area (Å²) in [6.07, 6.45) is 3.86. The summed E-state index contributed by atoms with van der Waals surface area (Å²) in [5.74, 6) is 1.71. The van der Waals surface area contributed by atoms with Gasteiger partial charge in [0, 0.05) is 38.0 Å². The van der Waals surface area contributed by atoms with Crippen LogP contribution in [-0.4, -0.2) is 40.9 Å². The largest absolute Gasteiger partial charge is 0.391 e. The van der Waals surface area contributed by atoms with E-state index in [0.29, 0.717) is 12.5 Å². The third-order valence-corrected chi connectivity index (χ3v) is 5.00. The first-order valence-corrected chi connectivity index (χ1v) is 9.58. The molecule has 0 spiro atoms. The van der Waals surface area contributed by atoms with E-state index in [1.165, 1.54) is 11.1 Å². The van der Waals surface area contributed by atoms with Gasteiger partial charge in [0.05, 0.1) is 11.8 Å². The normalized spacial score (nSPS) is 21.7. The number of nitrogens with zero attached hydrogens (tertiary/aromatic N) is 2. The number of likely N-dealkylation sites (tertiary alicyclic amines) is 1. The molecule has 0 amide bonds. The Morgan fingerprint density at radius 1 is 1.31 bits per heavy atom. The van der Waals surface area contributed by atoms with E-state index in [2.05, 4.69) is 60.3 Å². The molecular weight excluding hydrogens is 324 g/mol. The number of hydrogen-bond acceptors (Lipinski definition) is 4. The molecule has 0 bridgehead atoms. The quantitative estimate of drug-likeness (QED) is 0.818. The van der Waals surface area contributed by atoms with Crippen LogP contribution in [0.1, 0.15) is 37.3 Å². The van der Waals surface area contributed by atoms with Crippen molar-refractivity contribution in [1.29, 1.82) is 0 Å². The summed E-state index contributed by atoms with van der Waals surface area (Å²) in [6.45, 7) is 8.88. The summed E-state index contributed by atoms with van der Waals surface area (Å²) in [6, 6.07) is 12.5. The van der Waals surface area contributed by atoms with E-state index in [4.69, 9.17) is 4.52 Å². The number of β-amino-alcohol motifs (C(OH)–C–C–N with tert-alkyl or cyclic N) is 1. The standard InChI is InChI=1S/C22H30N2O2/c1-16(2)9-10-19(18-7-5-4-6-8-18)13-24-14-20(22(25)15-24)12-21-11-17(3)23-26-21/h4-8,10-11,16,20,22,25H,9,12-15H2,1-3H3/b19-10+/t20-,22-/m1/s1. The van der Waals surface area contributed by atoms with Crippen molar-refractivity contribution in [3.63, 3.8) is 0 Å². The fourth-order valence-corrected chi connectivity index (χ4v) is 3.59. The van der Waals surface area contributed by atoms with Gasteiger partial charge in [-0.2, -0.15) is 0 Å². The van der Waals surface area contributed by atoms with Crippen LogP contribution in [0.3, 0.4) is 0 Å². The first-order chi connectivity index (χ1) is 12.5. The van der Waals surface area contributed by atoms with Gasteiger partial charge >= 0.3 is 0 Å². The lowest BCUT2D eigenvalue weighted by Gasteiger charge is -2.19. The van der Waals surface area contributed by atoms with Crippen LogP contribution >= 0.6 is 0 Å². The molecule has 0 saturated carbocycles. The Bertz CT molecular complexity index is 721. The molecule has 1 fully saturated rings. The first kappa shape index (κ1) is 18.9. The summed E-state index contributed by atoms with van der Waals surface area (Å²) in [5, 5.41) is 14.5. The molecule has 0 radical (unpaired) electrons. The molecule has 4 nitrogen and oxygen atoms in total. The maximum Gasteiger partial charge on any atom is 0.137 e. The highest BCUT2D eigenvalue weighted by atomic mass is 16.5. The van der Waals surface area contributed by atoms with Crippen molar-refractivity contribution in [2.75, 3.05) is 19.6 Å². The SMILES string of the molecule is Cc1cc(C[C@@H]2CN(C/C(=C\CC(C)C)c3ccccc3)C[C@H]2O)on1. The van der Waals surface area contributed by atoms with Gasteiger partial charge in [0.1, 0.15) is 5.76 Å². The second-order valence-electron chi connectivity index (χ2n) is 7.89. The van der Waals surface area contributed by atoms with Gasteiger partial charge in [0.15, 0.2) is 0 Å². The van der Waals surface area contributed by atoms with Gasteiger partial charge in [0.2, 0.25) is 0 Å². The van der Waals surface area contributed by atoms with E-state index in [-0.39, 0.29) is 12.0 Å². The number of aliphatic hydroxyl groups excluding tert-OH is 1. The molecule has 4 heteroatoms. The first-order valence-electron chi connectivity index (χ1n) is 9.58. The van der Waals surface area contributed by atoms with Crippen LogP contribution in [0, 0.1) is 18.8 Å². The highest BCUT2D eigenvalue weighted by molar-refractivity contribution is 5.66. The number of aromatic nitrogens is 1. The van der Waals surface area contributed by atoms with Crippen LogP contribution in [0.15, 0.2) is 47.0 Å². The second-order valence-corrected chi connectivity index (χ2v) is 7.89. The Kier molecular flexibility index (Phi) is 6.28. The Balaban J connectivity index is 1.66. The summed E-state index contributed by atoms with van der Waals surface area (Å²) in [4.78, 5) is 2.36. The molecule has 1 aromatic carbocycles. The summed E-state index contributed by atoms with van der Waals surface area (Å²) < 4.78 is 5.33. The number of allylic oxidation sites excluding steroid dienone is 1. The molecule has 1 aliphatic rings. The lowest BCUT2D eigenvalue weighted by Crippen LogP contribution is -2.24. The molecule has 1 N–H and O–H groups in total. The monoisotopic (exact) mass is 354 g/mol. The molecule has 3 rings (SSSR count). The van der Waals surface area contributed by atoms with Crippen molar-refractivity contribution < 1.29 is 9.63 Å². The maximum atomic E-state index is 10.5. The van der Waals surface area contributed by atoms with Gasteiger partial charge in [-0.15, -0.1) is 0 Å². The predicted octanol–water partition coefficient (Wildman–Crippen LogP) is 3.95. The highest BCUT2D eigenvalue weighted by Gasteiger charge is 2.32. The zero-order valence-corrected chi connectivity index (χ0v) is 16.1. The summed E-state index contributed by atoms with van der Waals surface area (Å²) >= 11 is 0. The zero-order valence-electron chi connectivity index (χ0n) is 16.1. The fourth-order valence-electron chi connectivity index (χ4n) is 3.59. The van der Waals surface area contributed by atoms with Crippen LogP contribution in [0.25, 0.3) is 5.57 Å². The lowest BCUT2D eigenvalue weighted by molar-refractivity contribution is 0.138. The Morgan fingerprint density at radius 3 is 2.73 bits per heavy atom. The molecule has 1 aliphatic heterocycles. The van der Waals surface area contributed by atoms with Crippen LogP contribution in [0.4, 0.5) is 0 Å². The third-order valence-electron chi connectivity index (χ3n) is 5.00. The molecule has 0 unspecified atom stereocenters. The van der Waals surface area contributed by atoms with E-state index in [1.54, 1.807) is 0 Å². The van der Waals surface area contributed by atoms with Gasteiger partial charge in [-0.25, -0.2) is 0 Å². The minimum Gasteiger partial charge on any atom is -0.391 e. The smallest absolute Gasteiger partial charge is 0.137 e. The molecule has 26 heavy (non-hydrogen) atoms. The number of rotatable bonds is 7. The maximum absolute atomic E-state index is 10.5. The Morgan fingerprint density at radius 2 is 2.08 bits per heavy atom.